The van der Waals surface area contributed by atoms with Gasteiger partial charge in [0.15, 0.2) is 0 Å². The summed E-state index contributed by atoms with van der Waals surface area (Å²) in [6.45, 7) is 0. The fourth-order valence-corrected chi connectivity index (χ4v) is 1.53. The molecule has 2 rings (SSSR count). The van der Waals surface area contributed by atoms with Crippen molar-refractivity contribution in [3.8, 4) is 23.6 Å². The van der Waals surface area contributed by atoms with E-state index >= 15 is 0 Å². The molecule has 0 bridgehead atoms. The first kappa shape index (κ1) is 13.3. The summed E-state index contributed by atoms with van der Waals surface area (Å²) >= 11 is 0. The lowest BCUT2D eigenvalue weighted by Crippen LogP contribution is -1.84. The van der Waals surface area contributed by atoms with Gasteiger partial charge in [-0.15, -0.1) is 0 Å². The predicted octanol–water partition coefficient (Wildman–Crippen LogP) is 4.05. The summed E-state index contributed by atoms with van der Waals surface area (Å²) in [6.07, 6.45) is 1.49. The molecule has 0 aromatic heterocycles. The topological polar surface area (TPSA) is 56.8 Å². The van der Waals surface area contributed by atoms with Gasteiger partial charge in [0.2, 0.25) is 0 Å². The van der Waals surface area contributed by atoms with Crippen molar-refractivity contribution < 1.29 is 9.13 Å². The summed E-state index contributed by atoms with van der Waals surface area (Å²) in [5.74, 6) is 0.798. The standard InChI is InChI=1S/C16H9FN2O/c17-14-3-7-16(8-4-14)20-15-5-1-12(2-6-15)9-13(10-18)11-19/h1-9H. The van der Waals surface area contributed by atoms with Crippen molar-refractivity contribution >= 4 is 6.08 Å². The zero-order valence-electron chi connectivity index (χ0n) is 10.4. The van der Waals surface area contributed by atoms with Gasteiger partial charge in [-0.05, 0) is 48.0 Å². The molecule has 96 valence electrons. The molecule has 0 atom stereocenters. The Bertz CT molecular complexity index is 688. The Morgan fingerprint density at radius 2 is 1.40 bits per heavy atom. The lowest BCUT2D eigenvalue weighted by Gasteiger charge is -2.05. The molecule has 0 N–H and O–H groups in total. The molecule has 4 heteroatoms. The van der Waals surface area contributed by atoms with E-state index in [1.165, 1.54) is 30.3 Å². The van der Waals surface area contributed by atoms with E-state index in [1.54, 1.807) is 36.4 Å². The Labute approximate surface area is 115 Å². The van der Waals surface area contributed by atoms with Crippen LogP contribution in [-0.2, 0) is 0 Å². The monoisotopic (exact) mass is 264 g/mol. The van der Waals surface area contributed by atoms with Crippen molar-refractivity contribution in [1.82, 2.24) is 0 Å². The highest BCUT2D eigenvalue weighted by molar-refractivity contribution is 5.62. The van der Waals surface area contributed by atoms with E-state index in [4.69, 9.17) is 15.3 Å². The molecule has 0 amide bonds. The van der Waals surface area contributed by atoms with Crippen molar-refractivity contribution in [1.29, 1.82) is 10.5 Å². The van der Waals surface area contributed by atoms with Crippen LogP contribution in [0.15, 0.2) is 54.1 Å². The van der Waals surface area contributed by atoms with E-state index in [-0.39, 0.29) is 11.4 Å². The minimum Gasteiger partial charge on any atom is -0.457 e. The third-order valence-electron chi connectivity index (χ3n) is 2.48. The highest BCUT2D eigenvalue weighted by Crippen LogP contribution is 2.22. The van der Waals surface area contributed by atoms with Gasteiger partial charge in [-0.3, -0.25) is 0 Å². The molecule has 2 aromatic rings. The van der Waals surface area contributed by atoms with Crippen molar-refractivity contribution in [3.05, 3.63) is 65.5 Å². The maximum absolute atomic E-state index is 12.8. The third-order valence-corrected chi connectivity index (χ3v) is 2.48. The molecule has 3 nitrogen and oxygen atoms in total. The van der Waals surface area contributed by atoms with Crippen molar-refractivity contribution in [2.24, 2.45) is 0 Å². The van der Waals surface area contributed by atoms with Gasteiger partial charge < -0.3 is 4.74 Å². The third kappa shape index (κ3) is 3.44. The van der Waals surface area contributed by atoms with Crippen LogP contribution in [0.25, 0.3) is 6.08 Å². The lowest BCUT2D eigenvalue weighted by molar-refractivity contribution is 0.480. The summed E-state index contributed by atoms with van der Waals surface area (Å²) < 4.78 is 18.3. The van der Waals surface area contributed by atoms with Crippen LogP contribution in [0.5, 0.6) is 11.5 Å². The molecular formula is C16H9FN2O. The van der Waals surface area contributed by atoms with Crippen LogP contribution in [0.3, 0.4) is 0 Å². The van der Waals surface area contributed by atoms with Crippen molar-refractivity contribution in [2.45, 2.75) is 0 Å². The maximum Gasteiger partial charge on any atom is 0.130 e. The van der Waals surface area contributed by atoms with Crippen LogP contribution in [0.2, 0.25) is 0 Å². The Balaban J connectivity index is 2.13. The number of benzene rings is 2. The summed E-state index contributed by atoms with van der Waals surface area (Å²) in [4.78, 5) is 0. The Morgan fingerprint density at radius 3 is 1.90 bits per heavy atom. The molecule has 0 fully saturated rings. The largest absolute Gasteiger partial charge is 0.457 e. The number of rotatable bonds is 3. The molecule has 2 aromatic carbocycles. The number of ether oxygens (including phenoxy) is 1. The summed E-state index contributed by atoms with van der Waals surface area (Å²) in [6, 6.07) is 16.2. The average Bonchev–Trinajstić information content (AvgIpc) is 2.49. The first-order chi connectivity index (χ1) is 9.71. The van der Waals surface area contributed by atoms with Crippen LogP contribution >= 0.6 is 0 Å². The molecule has 0 saturated carbocycles. The molecule has 0 unspecified atom stereocenters. The molecule has 0 aliphatic rings. The van der Waals surface area contributed by atoms with Crippen LogP contribution in [0.1, 0.15) is 5.56 Å². The van der Waals surface area contributed by atoms with E-state index in [9.17, 15) is 4.39 Å². The van der Waals surface area contributed by atoms with Gasteiger partial charge in [0.25, 0.3) is 0 Å². The second-order valence-corrected chi connectivity index (χ2v) is 3.91. The predicted molar refractivity (Wildman–Crippen MR) is 72.1 cm³/mol. The van der Waals surface area contributed by atoms with Gasteiger partial charge in [-0.25, -0.2) is 4.39 Å². The molecular weight excluding hydrogens is 255 g/mol. The van der Waals surface area contributed by atoms with E-state index in [1.807, 2.05) is 0 Å². The van der Waals surface area contributed by atoms with E-state index in [0.29, 0.717) is 11.5 Å². The molecule has 0 saturated heterocycles. The summed E-state index contributed by atoms with van der Waals surface area (Å²) in [5.41, 5.74) is 0.770. The van der Waals surface area contributed by atoms with Gasteiger partial charge in [-0.1, -0.05) is 12.1 Å². The fourth-order valence-electron chi connectivity index (χ4n) is 1.53. The number of nitriles is 2. The minimum absolute atomic E-state index is 0.0391. The zero-order valence-corrected chi connectivity index (χ0v) is 10.4. The van der Waals surface area contributed by atoms with E-state index < -0.39 is 0 Å². The highest BCUT2D eigenvalue weighted by Gasteiger charge is 1.99. The lowest BCUT2D eigenvalue weighted by atomic mass is 10.1. The van der Waals surface area contributed by atoms with Crippen LogP contribution in [0.4, 0.5) is 4.39 Å². The quantitative estimate of drug-likeness (QED) is 0.786. The zero-order chi connectivity index (χ0) is 14.4. The Kier molecular flexibility index (Phi) is 4.11. The van der Waals surface area contributed by atoms with Gasteiger partial charge in [0.05, 0.1) is 0 Å². The Hall–Kier alpha value is -3.11. The van der Waals surface area contributed by atoms with Gasteiger partial charge in [-0.2, -0.15) is 10.5 Å². The first-order valence-electron chi connectivity index (χ1n) is 5.76. The Morgan fingerprint density at radius 1 is 0.900 bits per heavy atom. The number of nitrogens with zero attached hydrogens (tertiary/aromatic N) is 2. The summed E-state index contributed by atoms with van der Waals surface area (Å²) in [5, 5.41) is 17.3. The fraction of sp³-hybridized carbons (Fsp3) is 0. The smallest absolute Gasteiger partial charge is 0.130 e. The van der Waals surface area contributed by atoms with Gasteiger partial charge >= 0.3 is 0 Å². The van der Waals surface area contributed by atoms with Gasteiger partial charge in [0, 0.05) is 0 Å². The molecule has 0 aliphatic heterocycles. The van der Waals surface area contributed by atoms with Crippen molar-refractivity contribution in [3.63, 3.8) is 0 Å². The normalized spacial score (nSPS) is 9.15. The molecule has 0 aliphatic carbocycles. The maximum atomic E-state index is 12.8. The van der Waals surface area contributed by atoms with Crippen LogP contribution in [0, 0.1) is 28.5 Å². The number of hydrogen-bond donors (Lipinski definition) is 0. The number of hydrogen-bond acceptors (Lipinski definition) is 3. The van der Waals surface area contributed by atoms with E-state index in [2.05, 4.69) is 0 Å². The minimum atomic E-state index is -0.321. The first-order valence-corrected chi connectivity index (χ1v) is 5.76. The second-order valence-electron chi connectivity index (χ2n) is 3.91. The molecule has 0 radical (unpaired) electrons. The average molecular weight is 264 g/mol. The number of allylic oxidation sites excluding steroid dienone is 1. The number of halogens is 1. The van der Waals surface area contributed by atoms with Crippen LogP contribution in [-0.4, -0.2) is 0 Å². The molecule has 20 heavy (non-hydrogen) atoms. The summed E-state index contributed by atoms with van der Waals surface area (Å²) in [7, 11) is 0. The van der Waals surface area contributed by atoms with Gasteiger partial charge in [0.1, 0.15) is 35.0 Å². The van der Waals surface area contributed by atoms with Crippen molar-refractivity contribution in [2.75, 3.05) is 0 Å². The second kappa shape index (κ2) is 6.17. The molecule has 0 heterocycles. The highest BCUT2D eigenvalue weighted by atomic mass is 19.1. The van der Waals surface area contributed by atoms with Crippen LogP contribution < -0.4 is 4.74 Å². The SMILES string of the molecule is N#CC(C#N)=Cc1ccc(Oc2ccc(F)cc2)cc1. The molecule has 0 spiro atoms. The van der Waals surface area contributed by atoms with E-state index in [0.717, 1.165) is 5.56 Å².